The Kier molecular flexibility index (Phi) is 12.4. The lowest BCUT2D eigenvalue weighted by atomic mass is 9.99. The number of hydrogen-bond donors (Lipinski definition) is 2. The molecule has 5 aromatic rings. The Hall–Kier alpha value is -5.48. The predicted octanol–water partition coefficient (Wildman–Crippen LogP) is 3.80. The zero-order valence-corrected chi connectivity index (χ0v) is 29.7. The maximum atomic E-state index is 13.7. The molecule has 0 radical (unpaired) electrons. The molecule has 0 amide bonds. The molecule has 0 aliphatic carbocycles. The number of fused-ring (bicyclic) bond motifs is 1. The molecule has 22 heteroatoms. The van der Waals surface area contributed by atoms with Crippen LogP contribution in [-0.2, 0) is 55.4 Å². The van der Waals surface area contributed by atoms with Crippen LogP contribution >= 0.6 is 0 Å². The molecule has 0 unspecified atom stereocenters. The van der Waals surface area contributed by atoms with Crippen molar-refractivity contribution in [3.05, 3.63) is 86.3 Å². The smallest absolute Gasteiger partial charge is 0.417 e. The van der Waals surface area contributed by atoms with Crippen molar-refractivity contribution in [2.24, 2.45) is 0 Å². The summed E-state index contributed by atoms with van der Waals surface area (Å²) < 4.78 is 122. The highest BCUT2D eigenvalue weighted by Gasteiger charge is 2.37. The molecule has 0 bridgehead atoms. The van der Waals surface area contributed by atoms with Crippen LogP contribution in [0.25, 0.3) is 33.4 Å². The molecule has 15 nitrogen and oxygen atoms in total. The zero-order valence-electron chi connectivity index (χ0n) is 28.9. The topological polar surface area (TPSA) is 195 Å². The Labute approximate surface area is 301 Å². The van der Waals surface area contributed by atoms with Crippen molar-refractivity contribution in [2.75, 3.05) is 46.5 Å². The number of esters is 1. The summed E-state index contributed by atoms with van der Waals surface area (Å²) >= 11 is 0. The number of nitrogen functional groups attached to an aromatic ring is 1. The van der Waals surface area contributed by atoms with E-state index in [9.17, 15) is 49.1 Å². The van der Waals surface area contributed by atoms with Gasteiger partial charge in [0.1, 0.15) is 5.88 Å². The molecule has 3 aromatic heterocycles. The molecule has 5 rings (SSSR count). The number of benzene rings is 2. The Morgan fingerprint density at radius 1 is 0.833 bits per heavy atom. The summed E-state index contributed by atoms with van der Waals surface area (Å²) in [5.41, 5.74) is 0.372. The number of methoxy groups -OCH3 is 3. The number of hydrogen-bond acceptors (Lipinski definition) is 11. The van der Waals surface area contributed by atoms with Gasteiger partial charge >= 0.3 is 24.0 Å². The number of carbonyl (C=O) groups is 1. The molecule has 3 heterocycles. The van der Waals surface area contributed by atoms with Crippen molar-refractivity contribution in [3.63, 3.8) is 0 Å². The van der Waals surface area contributed by atoms with Crippen LogP contribution in [0.5, 0.6) is 0 Å². The molecule has 0 fully saturated rings. The third kappa shape index (κ3) is 9.35. The summed E-state index contributed by atoms with van der Waals surface area (Å²) in [4.78, 5) is 38.7. The van der Waals surface area contributed by atoms with E-state index in [1.807, 2.05) is 0 Å². The van der Waals surface area contributed by atoms with E-state index in [-0.39, 0.29) is 71.0 Å². The van der Waals surface area contributed by atoms with E-state index in [4.69, 9.17) is 15.2 Å². The average Bonchev–Trinajstić information content (AvgIpc) is 3.76. The van der Waals surface area contributed by atoms with Crippen molar-refractivity contribution in [2.45, 2.75) is 31.3 Å². The molecule has 2 aromatic carbocycles. The van der Waals surface area contributed by atoms with Crippen LogP contribution in [-0.4, -0.2) is 84.3 Å². The Morgan fingerprint density at radius 2 is 1.33 bits per heavy atom. The van der Waals surface area contributed by atoms with Crippen molar-refractivity contribution in [1.82, 2.24) is 29.1 Å². The highest BCUT2D eigenvalue weighted by Crippen LogP contribution is 2.40. The van der Waals surface area contributed by atoms with E-state index in [2.05, 4.69) is 19.9 Å². The summed E-state index contributed by atoms with van der Waals surface area (Å²) in [6, 6.07) is 6.23. The predicted molar refractivity (Wildman–Crippen MR) is 182 cm³/mol. The highest BCUT2D eigenvalue weighted by molar-refractivity contribution is 7.89. The van der Waals surface area contributed by atoms with E-state index < -0.39 is 56.4 Å². The fourth-order valence-corrected chi connectivity index (χ4v) is 5.99. The molecular formula is C32H33F6N7O8S. The normalized spacial score (nSPS) is 12.1. The van der Waals surface area contributed by atoms with Crippen molar-refractivity contribution in [1.29, 1.82) is 0 Å². The fraction of sp³-hybridized carbons (Fsp3) is 0.344. The van der Waals surface area contributed by atoms with Crippen molar-refractivity contribution >= 4 is 32.4 Å². The number of alkyl halides is 6. The molecule has 0 aliphatic heterocycles. The van der Waals surface area contributed by atoms with E-state index in [0.29, 0.717) is 10.6 Å². The van der Waals surface area contributed by atoms with Crippen LogP contribution in [0.3, 0.4) is 0 Å². The standard InChI is InChI=1S/C17H17F3N4O5S.C15H16F3N3O3/c1-29-6-5-24-14(3-4-21-24)10-7-11-13(8-12(10)17(18,19)20)22-16(26)23(15(11)25)9-30(2,27)28;1-23-6-5-21-13(3-4-20-21)9-7-10(14(22)24-2)12(19)8-11(9)15(16,17)18/h3-4,7-8H,5-6,9H2,1-2H3,(H,22,26);3-4,7-8H,5-6,19H2,1-2H3. The lowest BCUT2D eigenvalue weighted by Gasteiger charge is -2.17. The van der Waals surface area contributed by atoms with Gasteiger partial charge in [0, 0.05) is 49.7 Å². The van der Waals surface area contributed by atoms with Crippen LogP contribution < -0.4 is 17.0 Å². The molecule has 0 spiro atoms. The number of carbonyl (C=O) groups excluding carboxylic acids is 1. The van der Waals surface area contributed by atoms with Gasteiger partial charge in [-0.15, -0.1) is 0 Å². The lowest BCUT2D eigenvalue weighted by molar-refractivity contribution is -0.137. The molecule has 3 N–H and O–H groups in total. The maximum Gasteiger partial charge on any atom is 0.417 e. The summed E-state index contributed by atoms with van der Waals surface area (Å²) in [5.74, 6) is -1.72. The number of sulfone groups is 1. The minimum atomic E-state index is -4.79. The summed E-state index contributed by atoms with van der Waals surface area (Å²) in [7, 11) is 0.276. The minimum absolute atomic E-state index is 0.0848. The van der Waals surface area contributed by atoms with E-state index in [1.54, 1.807) is 0 Å². The monoisotopic (exact) mass is 789 g/mol. The second kappa shape index (κ2) is 16.3. The first kappa shape index (κ1) is 41.3. The number of nitrogens with zero attached hydrogens (tertiary/aromatic N) is 5. The van der Waals surface area contributed by atoms with Gasteiger partial charge in [0.05, 0.1) is 72.4 Å². The number of aromatic amines is 1. The van der Waals surface area contributed by atoms with E-state index in [1.165, 1.54) is 48.1 Å². The third-order valence-electron chi connectivity index (χ3n) is 7.69. The Bertz CT molecular complexity index is 2380. The third-order valence-corrected chi connectivity index (χ3v) is 8.42. The average molecular weight is 790 g/mol. The zero-order chi connectivity index (χ0) is 40.2. The molecular weight excluding hydrogens is 756 g/mol. The van der Waals surface area contributed by atoms with Gasteiger partial charge in [-0.25, -0.2) is 22.6 Å². The van der Waals surface area contributed by atoms with Gasteiger partial charge in [-0.2, -0.15) is 36.5 Å². The van der Waals surface area contributed by atoms with Gasteiger partial charge in [-0.05, 0) is 36.4 Å². The maximum absolute atomic E-state index is 13.7. The number of anilines is 1. The van der Waals surface area contributed by atoms with Crippen LogP contribution in [0.15, 0.2) is 58.4 Å². The molecule has 0 saturated carbocycles. The number of aromatic nitrogens is 6. The van der Waals surface area contributed by atoms with Crippen molar-refractivity contribution < 1.29 is 53.8 Å². The van der Waals surface area contributed by atoms with Crippen LogP contribution in [0.1, 0.15) is 21.5 Å². The van der Waals surface area contributed by atoms with Crippen molar-refractivity contribution in [3.8, 4) is 22.5 Å². The quantitative estimate of drug-likeness (QED) is 0.112. The molecule has 0 atom stereocenters. The number of nitrogens with two attached hydrogens (primary N) is 1. The van der Waals surface area contributed by atoms with Crippen LogP contribution in [0.2, 0.25) is 0 Å². The van der Waals surface area contributed by atoms with Gasteiger partial charge in [-0.3, -0.25) is 14.2 Å². The van der Waals surface area contributed by atoms with Gasteiger partial charge in [0.15, 0.2) is 9.84 Å². The first-order chi connectivity index (χ1) is 25.2. The van der Waals surface area contributed by atoms with Gasteiger partial charge < -0.3 is 24.9 Å². The minimum Gasteiger partial charge on any atom is -0.465 e. The van der Waals surface area contributed by atoms with Gasteiger partial charge in [-0.1, -0.05) is 0 Å². The summed E-state index contributed by atoms with van der Waals surface area (Å²) in [6.07, 6.45) is -5.92. The van der Waals surface area contributed by atoms with Crippen LogP contribution in [0.4, 0.5) is 32.0 Å². The second-order valence-corrected chi connectivity index (χ2v) is 13.6. The summed E-state index contributed by atoms with van der Waals surface area (Å²) in [6.45, 7) is 0.888. The highest BCUT2D eigenvalue weighted by atomic mass is 32.2. The van der Waals surface area contributed by atoms with Gasteiger partial charge in [0.25, 0.3) is 5.56 Å². The van der Waals surface area contributed by atoms with E-state index in [0.717, 1.165) is 31.6 Å². The molecule has 292 valence electrons. The molecule has 0 aliphatic rings. The number of rotatable bonds is 11. The molecule has 54 heavy (non-hydrogen) atoms. The Balaban J connectivity index is 0.000000247. The summed E-state index contributed by atoms with van der Waals surface area (Å²) in [5, 5.41) is 7.71. The van der Waals surface area contributed by atoms with Gasteiger partial charge in [0.2, 0.25) is 0 Å². The van der Waals surface area contributed by atoms with Crippen LogP contribution in [0, 0.1) is 0 Å². The molecule has 0 saturated heterocycles. The number of H-pyrrole nitrogens is 1. The number of nitrogens with one attached hydrogen (secondary N) is 1. The SMILES string of the molecule is COCCn1nccc1-c1cc(C(=O)OC)c(N)cc1C(F)(F)F.COCCn1nccc1-c1cc2c(=O)n(CS(C)(=O)=O)c(=O)[nH]c2cc1C(F)(F)F. The first-order valence-electron chi connectivity index (χ1n) is 15.4. The lowest BCUT2D eigenvalue weighted by Crippen LogP contribution is -2.37. The second-order valence-electron chi connectivity index (χ2n) is 11.5. The Morgan fingerprint density at radius 3 is 1.80 bits per heavy atom. The van der Waals surface area contributed by atoms with E-state index >= 15 is 0 Å². The number of halogens is 6. The first-order valence-corrected chi connectivity index (χ1v) is 17.4. The fourth-order valence-electron chi connectivity index (χ4n) is 5.28. The largest absolute Gasteiger partial charge is 0.465 e. The number of ether oxygens (including phenoxy) is 3.